The summed E-state index contributed by atoms with van der Waals surface area (Å²) in [5.41, 5.74) is 7.02. The van der Waals surface area contributed by atoms with Gasteiger partial charge in [0.25, 0.3) is 0 Å². The maximum Gasteiger partial charge on any atom is 0.0542 e. The minimum absolute atomic E-state index is 0.448. The fourth-order valence-corrected chi connectivity index (χ4v) is 2.63. The second kappa shape index (κ2) is 6.66. The molecule has 0 aliphatic heterocycles. The van der Waals surface area contributed by atoms with Gasteiger partial charge in [-0.2, -0.15) is 0 Å². The molecule has 1 heterocycles. The van der Waals surface area contributed by atoms with Crippen LogP contribution in [0.1, 0.15) is 31.4 Å². The Hall–Kier alpha value is -0.200. The number of halogens is 1. The normalized spacial score (nSPS) is 24.8. The molecule has 1 aliphatic carbocycles. The SMILES string of the molecule is N[C@H]1CC[C@H](CNCc2ccc(I)cn2)CC1. The second-order valence-electron chi connectivity index (χ2n) is 4.88. The molecule has 0 bridgehead atoms. The van der Waals surface area contributed by atoms with E-state index in [-0.39, 0.29) is 0 Å². The van der Waals surface area contributed by atoms with Crippen molar-refractivity contribution in [2.75, 3.05) is 6.54 Å². The zero-order valence-corrected chi connectivity index (χ0v) is 12.2. The van der Waals surface area contributed by atoms with Crippen LogP contribution in [0.25, 0.3) is 0 Å². The topological polar surface area (TPSA) is 50.9 Å². The molecule has 1 aromatic rings. The zero-order valence-electron chi connectivity index (χ0n) is 10.0. The van der Waals surface area contributed by atoms with Gasteiger partial charge in [0.15, 0.2) is 0 Å². The molecule has 0 unspecified atom stereocenters. The van der Waals surface area contributed by atoms with E-state index in [0.29, 0.717) is 6.04 Å². The van der Waals surface area contributed by atoms with Crippen molar-refractivity contribution in [2.24, 2.45) is 11.7 Å². The monoisotopic (exact) mass is 345 g/mol. The highest BCUT2D eigenvalue weighted by Gasteiger charge is 2.17. The molecule has 1 fully saturated rings. The molecular formula is C13H20IN3. The number of hydrogen-bond donors (Lipinski definition) is 2. The Balaban J connectivity index is 1.67. The van der Waals surface area contributed by atoms with Crippen molar-refractivity contribution in [1.29, 1.82) is 0 Å². The average molecular weight is 345 g/mol. The molecule has 0 radical (unpaired) electrons. The number of nitrogens with one attached hydrogen (secondary N) is 1. The number of nitrogens with zero attached hydrogens (tertiary/aromatic N) is 1. The summed E-state index contributed by atoms with van der Waals surface area (Å²) in [6.45, 7) is 1.97. The lowest BCUT2D eigenvalue weighted by Gasteiger charge is -2.26. The molecule has 3 nitrogen and oxygen atoms in total. The van der Waals surface area contributed by atoms with E-state index < -0.39 is 0 Å². The average Bonchev–Trinajstić information content (AvgIpc) is 2.34. The van der Waals surface area contributed by atoms with Gasteiger partial charge in [0.05, 0.1) is 5.69 Å². The van der Waals surface area contributed by atoms with Gasteiger partial charge in [-0.15, -0.1) is 0 Å². The Morgan fingerprint density at radius 1 is 1.29 bits per heavy atom. The van der Waals surface area contributed by atoms with Crippen LogP contribution in [0.2, 0.25) is 0 Å². The largest absolute Gasteiger partial charge is 0.328 e. The lowest BCUT2D eigenvalue weighted by atomic mass is 9.86. The van der Waals surface area contributed by atoms with Crippen LogP contribution in [0.5, 0.6) is 0 Å². The maximum atomic E-state index is 5.90. The number of rotatable bonds is 4. The minimum Gasteiger partial charge on any atom is -0.328 e. The Bertz CT molecular complexity index is 331. The Morgan fingerprint density at radius 3 is 2.71 bits per heavy atom. The van der Waals surface area contributed by atoms with Crippen molar-refractivity contribution in [3.8, 4) is 0 Å². The molecule has 4 heteroatoms. The van der Waals surface area contributed by atoms with Crippen LogP contribution in [0.15, 0.2) is 18.3 Å². The van der Waals surface area contributed by atoms with E-state index in [1.807, 2.05) is 6.20 Å². The van der Waals surface area contributed by atoms with Crippen LogP contribution in [-0.4, -0.2) is 17.6 Å². The highest BCUT2D eigenvalue weighted by Crippen LogP contribution is 2.22. The fraction of sp³-hybridized carbons (Fsp3) is 0.615. The first-order chi connectivity index (χ1) is 8.24. The third kappa shape index (κ3) is 4.52. The molecular weight excluding hydrogens is 325 g/mol. The molecule has 94 valence electrons. The van der Waals surface area contributed by atoms with Crippen molar-refractivity contribution < 1.29 is 0 Å². The number of pyridine rings is 1. The third-order valence-electron chi connectivity index (χ3n) is 3.42. The Labute approximate surface area is 117 Å². The summed E-state index contributed by atoms with van der Waals surface area (Å²) in [6, 6.07) is 4.64. The van der Waals surface area contributed by atoms with Gasteiger partial charge < -0.3 is 11.1 Å². The molecule has 1 saturated carbocycles. The third-order valence-corrected chi connectivity index (χ3v) is 4.06. The first kappa shape index (κ1) is 13.2. The summed E-state index contributed by atoms with van der Waals surface area (Å²) < 4.78 is 1.19. The van der Waals surface area contributed by atoms with Crippen LogP contribution in [0.3, 0.4) is 0 Å². The summed E-state index contributed by atoms with van der Waals surface area (Å²) in [7, 11) is 0. The predicted octanol–water partition coefficient (Wildman–Crippen LogP) is 2.29. The summed E-state index contributed by atoms with van der Waals surface area (Å²) in [5, 5.41) is 3.50. The van der Waals surface area contributed by atoms with E-state index in [1.54, 1.807) is 0 Å². The maximum absolute atomic E-state index is 5.90. The molecule has 0 saturated heterocycles. The number of aromatic nitrogens is 1. The van der Waals surface area contributed by atoms with Gasteiger partial charge in [-0.3, -0.25) is 4.98 Å². The molecule has 1 aliphatic rings. The van der Waals surface area contributed by atoms with Crippen molar-refractivity contribution >= 4 is 22.6 Å². The lowest BCUT2D eigenvalue weighted by Crippen LogP contribution is -2.31. The van der Waals surface area contributed by atoms with E-state index in [2.05, 4.69) is 45.0 Å². The Morgan fingerprint density at radius 2 is 2.06 bits per heavy atom. The van der Waals surface area contributed by atoms with Gasteiger partial charge in [0.1, 0.15) is 0 Å². The summed E-state index contributed by atoms with van der Waals surface area (Å²) in [6.07, 6.45) is 6.84. The first-order valence-corrected chi connectivity index (χ1v) is 7.38. The standard InChI is InChI=1S/C13H20IN3/c14-11-3-6-13(17-8-11)9-16-7-10-1-4-12(15)5-2-10/h3,6,8,10,12,16H,1-2,4-5,7,9,15H2/t10-,12-. The van der Waals surface area contributed by atoms with Crippen LogP contribution in [-0.2, 0) is 6.54 Å². The Kier molecular flexibility index (Phi) is 5.18. The minimum atomic E-state index is 0.448. The van der Waals surface area contributed by atoms with Gasteiger partial charge in [0, 0.05) is 22.4 Å². The van der Waals surface area contributed by atoms with Gasteiger partial charge in [-0.1, -0.05) is 0 Å². The highest BCUT2D eigenvalue weighted by molar-refractivity contribution is 14.1. The summed E-state index contributed by atoms with van der Waals surface area (Å²) in [5.74, 6) is 0.804. The van der Waals surface area contributed by atoms with Crippen LogP contribution in [0, 0.1) is 9.49 Å². The van der Waals surface area contributed by atoms with E-state index in [4.69, 9.17) is 5.73 Å². The van der Waals surface area contributed by atoms with Crippen molar-refractivity contribution in [2.45, 2.75) is 38.3 Å². The van der Waals surface area contributed by atoms with Crippen molar-refractivity contribution in [3.63, 3.8) is 0 Å². The van der Waals surface area contributed by atoms with Crippen LogP contribution < -0.4 is 11.1 Å². The van der Waals surface area contributed by atoms with E-state index in [1.165, 1.54) is 29.3 Å². The highest BCUT2D eigenvalue weighted by atomic mass is 127. The van der Waals surface area contributed by atoms with E-state index in [9.17, 15) is 0 Å². The predicted molar refractivity (Wildman–Crippen MR) is 78.6 cm³/mol. The van der Waals surface area contributed by atoms with Crippen molar-refractivity contribution in [3.05, 3.63) is 27.6 Å². The fourth-order valence-electron chi connectivity index (χ4n) is 2.31. The van der Waals surface area contributed by atoms with E-state index in [0.717, 1.165) is 24.7 Å². The summed E-state index contributed by atoms with van der Waals surface area (Å²) >= 11 is 2.28. The van der Waals surface area contributed by atoms with Gasteiger partial charge >= 0.3 is 0 Å². The van der Waals surface area contributed by atoms with Crippen molar-refractivity contribution in [1.82, 2.24) is 10.3 Å². The molecule has 0 aromatic carbocycles. The second-order valence-corrected chi connectivity index (χ2v) is 6.13. The van der Waals surface area contributed by atoms with Gasteiger partial charge in [0.2, 0.25) is 0 Å². The molecule has 1 aromatic heterocycles. The van der Waals surface area contributed by atoms with Crippen LogP contribution in [0.4, 0.5) is 0 Å². The molecule has 0 spiro atoms. The molecule has 17 heavy (non-hydrogen) atoms. The zero-order chi connectivity index (χ0) is 12.1. The van der Waals surface area contributed by atoms with Gasteiger partial charge in [-0.05, 0) is 72.9 Å². The quantitative estimate of drug-likeness (QED) is 0.824. The molecule has 0 atom stereocenters. The molecule has 0 amide bonds. The molecule has 3 N–H and O–H groups in total. The van der Waals surface area contributed by atoms with Crippen LogP contribution >= 0.6 is 22.6 Å². The summed E-state index contributed by atoms with van der Waals surface area (Å²) in [4.78, 5) is 4.38. The first-order valence-electron chi connectivity index (χ1n) is 6.31. The number of nitrogens with two attached hydrogens (primary N) is 1. The number of hydrogen-bond acceptors (Lipinski definition) is 3. The van der Waals surface area contributed by atoms with E-state index >= 15 is 0 Å². The lowest BCUT2D eigenvalue weighted by molar-refractivity contribution is 0.314. The van der Waals surface area contributed by atoms with Gasteiger partial charge in [-0.25, -0.2) is 0 Å². The smallest absolute Gasteiger partial charge is 0.0542 e. The molecule has 2 rings (SSSR count).